The molecule has 3 rings (SSSR count). The Kier molecular flexibility index (Phi) is 5.19. The van der Waals surface area contributed by atoms with Crippen LogP contribution >= 0.6 is 0 Å². The zero-order chi connectivity index (χ0) is 16.6. The van der Waals surface area contributed by atoms with Gasteiger partial charge in [-0.1, -0.05) is 30.3 Å². The molecule has 0 amide bonds. The van der Waals surface area contributed by atoms with Crippen LogP contribution < -0.4 is 9.47 Å². The summed E-state index contributed by atoms with van der Waals surface area (Å²) in [6, 6.07) is 15.6. The maximum absolute atomic E-state index is 5.73. The van der Waals surface area contributed by atoms with Gasteiger partial charge in [0, 0.05) is 0 Å². The molecule has 0 N–H and O–H groups in total. The Bertz CT molecular complexity index is 800. The van der Waals surface area contributed by atoms with Crippen molar-refractivity contribution in [3.63, 3.8) is 0 Å². The van der Waals surface area contributed by atoms with Crippen molar-refractivity contribution in [3.8, 4) is 11.5 Å². The third-order valence-corrected chi connectivity index (χ3v) is 3.31. The van der Waals surface area contributed by atoms with Crippen molar-refractivity contribution in [3.05, 3.63) is 72.3 Å². The van der Waals surface area contributed by atoms with Crippen molar-refractivity contribution in [2.45, 2.75) is 6.92 Å². The van der Waals surface area contributed by atoms with Crippen LogP contribution in [0.5, 0.6) is 11.5 Å². The van der Waals surface area contributed by atoms with E-state index in [4.69, 9.17) is 9.47 Å². The van der Waals surface area contributed by atoms with E-state index in [2.05, 4.69) is 15.3 Å². The van der Waals surface area contributed by atoms with E-state index >= 15 is 0 Å². The van der Waals surface area contributed by atoms with Gasteiger partial charge in [-0.2, -0.15) is 5.10 Å². The monoisotopic (exact) mass is 322 g/mol. The summed E-state index contributed by atoms with van der Waals surface area (Å²) in [4.78, 5) is 0. The summed E-state index contributed by atoms with van der Waals surface area (Å²) >= 11 is 0. The van der Waals surface area contributed by atoms with Crippen LogP contribution in [0.15, 0.2) is 66.3 Å². The maximum Gasteiger partial charge on any atom is 0.141 e. The fourth-order valence-electron chi connectivity index (χ4n) is 2.10. The Hall–Kier alpha value is -3.15. The van der Waals surface area contributed by atoms with Crippen molar-refractivity contribution in [2.24, 2.45) is 5.10 Å². The minimum atomic E-state index is 0.473. The summed E-state index contributed by atoms with van der Waals surface area (Å²) < 4.78 is 13.0. The molecule has 0 radical (unpaired) electrons. The molecular weight excluding hydrogens is 304 g/mol. The predicted molar refractivity (Wildman–Crippen MR) is 91.6 cm³/mol. The number of hydrogen-bond donors (Lipinski definition) is 0. The smallest absolute Gasteiger partial charge is 0.141 e. The first kappa shape index (κ1) is 15.7. The molecule has 6 nitrogen and oxygen atoms in total. The summed E-state index contributed by atoms with van der Waals surface area (Å²) in [5.74, 6) is 1.66. The molecule has 6 heteroatoms. The van der Waals surface area contributed by atoms with E-state index in [0.29, 0.717) is 13.2 Å². The van der Waals surface area contributed by atoms with Crippen molar-refractivity contribution in [1.29, 1.82) is 0 Å². The molecule has 0 aliphatic carbocycles. The molecule has 0 atom stereocenters. The second-order valence-corrected chi connectivity index (χ2v) is 5.12. The van der Waals surface area contributed by atoms with E-state index in [1.54, 1.807) is 6.21 Å². The van der Waals surface area contributed by atoms with Crippen LogP contribution in [0, 0.1) is 6.92 Å². The highest BCUT2D eigenvalue weighted by Crippen LogP contribution is 2.16. The van der Waals surface area contributed by atoms with E-state index in [9.17, 15) is 0 Å². The average molecular weight is 322 g/mol. The number of rotatable bonds is 7. The number of ether oxygens (including phenoxy) is 2. The van der Waals surface area contributed by atoms with Gasteiger partial charge in [0.1, 0.15) is 37.4 Å². The van der Waals surface area contributed by atoms with Gasteiger partial charge >= 0.3 is 0 Å². The molecule has 0 fully saturated rings. The predicted octanol–water partition coefficient (Wildman–Crippen LogP) is 2.93. The van der Waals surface area contributed by atoms with Gasteiger partial charge in [0.05, 0.1) is 6.21 Å². The average Bonchev–Trinajstić information content (AvgIpc) is 3.12. The zero-order valence-corrected chi connectivity index (χ0v) is 13.4. The highest BCUT2D eigenvalue weighted by atomic mass is 16.5. The van der Waals surface area contributed by atoms with Crippen LogP contribution in [0.2, 0.25) is 0 Å². The minimum absolute atomic E-state index is 0.473. The van der Waals surface area contributed by atoms with Crippen molar-refractivity contribution >= 4 is 6.21 Å². The Balaban J connectivity index is 1.50. The van der Waals surface area contributed by atoms with Gasteiger partial charge in [-0.05, 0) is 36.2 Å². The Morgan fingerprint density at radius 3 is 2.62 bits per heavy atom. The van der Waals surface area contributed by atoms with Crippen LogP contribution in [0.1, 0.15) is 11.1 Å². The largest absolute Gasteiger partial charge is 0.490 e. The van der Waals surface area contributed by atoms with Gasteiger partial charge in [-0.3, -0.25) is 0 Å². The van der Waals surface area contributed by atoms with Gasteiger partial charge in [-0.25, -0.2) is 4.68 Å². The summed E-state index contributed by atoms with van der Waals surface area (Å²) in [7, 11) is 0. The summed E-state index contributed by atoms with van der Waals surface area (Å²) in [5, 5.41) is 11.6. The molecule has 0 aliphatic heterocycles. The van der Waals surface area contributed by atoms with Crippen molar-refractivity contribution < 1.29 is 9.47 Å². The fraction of sp³-hybridized carbons (Fsp3) is 0.167. The quantitative estimate of drug-likeness (QED) is 0.496. The van der Waals surface area contributed by atoms with Crippen LogP contribution in [-0.4, -0.2) is 34.3 Å². The molecule has 3 aromatic rings. The third-order valence-electron chi connectivity index (χ3n) is 3.31. The van der Waals surface area contributed by atoms with Crippen LogP contribution in [0.4, 0.5) is 0 Å². The van der Waals surface area contributed by atoms with Crippen molar-refractivity contribution in [1.82, 2.24) is 14.9 Å². The molecule has 0 spiro atoms. The molecule has 24 heavy (non-hydrogen) atoms. The van der Waals surface area contributed by atoms with Gasteiger partial charge in [0.2, 0.25) is 0 Å². The molecule has 0 saturated carbocycles. The van der Waals surface area contributed by atoms with E-state index in [0.717, 1.165) is 22.6 Å². The number of hydrogen-bond acceptors (Lipinski definition) is 5. The SMILES string of the molecule is Cc1ccccc1OCCOc1cccc(/C=N/n2cnnc2)c1. The van der Waals surface area contributed by atoms with Crippen LogP contribution in [0.3, 0.4) is 0 Å². The van der Waals surface area contributed by atoms with Crippen LogP contribution in [-0.2, 0) is 0 Å². The fourth-order valence-corrected chi connectivity index (χ4v) is 2.10. The molecule has 2 aromatic carbocycles. The first-order valence-electron chi connectivity index (χ1n) is 7.61. The highest BCUT2D eigenvalue weighted by molar-refractivity contribution is 5.80. The molecule has 1 aromatic heterocycles. The van der Waals surface area contributed by atoms with E-state index in [-0.39, 0.29) is 0 Å². The van der Waals surface area contributed by atoms with Gasteiger partial charge in [0.25, 0.3) is 0 Å². The molecule has 122 valence electrons. The topological polar surface area (TPSA) is 61.5 Å². The molecule has 0 bridgehead atoms. The molecule has 1 heterocycles. The molecule has 0 saturated heterocycles. The minimum Gasteiger partial charge on any atom is -0.490 e. The summed E-state index contributed by atoms with van der Waals surface area (Å²) in [6.07, 6.45) is 4.78. The lowest BCUT2D eigenvalue weighted by atomic mass is 10.2. The Morgan fingerprint density at radius 1 is 1.00 bits per heavy atom. The van der Waals surface area contributed by atoms with Crippen molar-refractivity contribution in [2.75, 3.05) is 13.2 Å². The van der Waals surface area contributed by atoms with Gasteiger partial charge in [-0.15, -0.1) is 10.2 Å². The highest BCUT2D eigenvalue weighted by Gasteiger charge is 1.99. The normalized spacial score (nSPS) is 10.9. The first-order valence-corrected chi connectivity index (χ1v) is 7.61. The third kappa shape index (κ3) is 4.42. The lowest BCUT2D eigenvalue weighted by Gasteiger charge is -2.10. The first-order chi connectivity index (χ1) is 11.8. The molecule has 0 aliphatic rings. The van der Waals surface area contributed by atoms with E-state index < -0.39 is 0 Å². The second-order valence-electron chi connectivity index (χ2n) is 5.12. The number of aryl methyl sites for hydroxylation is 1. The Labute approximate surface area is 140 Å². The van der Waals surface area contributed by atoms with Gasteiger partial charge < -0.3 is 9.47 Å². The maximum atomic E-state index is 5.73. The van der Waals surface area contributed by atoms with E-state index in [1.807, 2.05) is 55.5 Å². The van der Waals surface area contributed by atoms with Gasteiger partial charge in [0.15, 0.2) is 0 Å². The lowest BCUT2D eigenvalue weighted by molar-refractivity contribution is 0.216. The number of aromatic nitrogens is 3. The zero-order valence-electron chi connectivity index (χ0n) is 13.4. The standard InChI is InChI=1S/C18H18N4O2/c1-15-5-2-3-8-18(15)24-10-9-23-17-7-4-6-16(11-17)12-21-22-13-19-20-14-22/h2-8,11-14H,9-10H2,1H3/b21-12+. The number of para-hydroxylation sites is 1. The summed E-state index contributed by atoms with van der Waals surface area (Å²) in [6.45, 7) is 2.99. The second kappa shape index (κ2) is 7.92. The van der Waals surface area contributed by atoms with E-state index in [1.165, 1.54) is 17.3 Å². The summed E-state index contributed by atoms with van der Waals surface area (Å²) in [5.41, 5.74) is 2.05. The Morgan fingerprint density at radius 2 is 1.79 bits per heavy atom. The molecular formula is C18H18N4O2. The number of nitrogens with zero attached hydrogens (tertiary/aromatic N) is 4. The van der Waals surface area contributed by atoms with Crippen LogP contribution in [0.25, 0.3) is 0 Å². The number of benzene rings is 2. The lowest BCUT2D eigenvalue weighted by Crippen LogP contribution is -2.09. The molecule has 0 unspecified atom stereocenters.